The normalized spacial score (nSPS) is 16.8. The molecule has 0 saturated heterocycles. The lowest BCUT2D eigenvalue weighted by Gasteiger charge is -2.38. The molecule has 0 aliphatic heterocycles. The summed E-state index contributed by atoms with van der Waals surface area (Å²) in [4.78, 5) is 14.1. The van der Waals surface area contributed by atoms with Gasteiger partial charge in [0, 0.05) is 35.3 Å². The van der Waals surface area contributed by atoms with Gasteiger partial charge in [-0.3, -0.25) is 0 Å². The Morgan fingerprint density at radius 3 is 1.97 bits per heavy atom. The van der Waals surface area contributed by atoms with Crippen LogP contribution in [0.3, 0.4) is 0 Å². The van der Waals surface area contributed by atoms with Gasteiger partial charge in [0.15, 0.2) is 0 Å². The molecule has 0 amide bonds. The molecule has 0 aliphatic carbocycles. The van der Waals surface area contributed by atoms with Crippen molar-refractivity contribution in [2.45, 2.75) is 48.8 Å². The zero-order chi connectivity index (χ0) is 23.9. The summed E-state index contributed by atoms with van der Waals surface area (Å²) in [5.41, 5.74) is -3.65. The molecule has 32 heavy (non-hydrogen) atoms. The number of alkyl halides is 3. The van der Waals surface area contributed by atoms with Crippen molar-refractivity contribution in [3.8, 4) is 0 Å². The zero-order valence-corrected chi connectivity index (χ0v) is 19.3. The van der Waals surface area contributed by atoms with Crippen LogP contribution in [0, 0.1) is 11.8 Å². The third-order valence-electron chi connectivity index (χ3n) is 5.26. The summed E-state index contributed by atoms with van der Waals surface area (Å²) in [7, 11) is 0.838. The topological polar surface area (TPSA) is 55.8 Å². The van der Waals surface area contributed by atoms with Crippen LogP contribution in [0.1, 0.15) is 26.3 Å². The van der Waals surface area contributed by atoms with E-state index in [0.717, 1.165) is 12.0 Å². The van der Waals surface area contributed by atoms with Crippen LogP contribution in [0.2, 0.25) is 0 Å². The Labute approximate surface area is 191 Å². The smallest absolute Gasteiger partial charge is 0.432 e. The van der Waals surface area contributed by atoms with Gasteiger partial charge in [-0.05, 0) is 18.1 Å². The van der Waals surface area contributed by atoms with Crippen LogP contribution in [0.25, 0.3) is 0 Å². The molecule has 0 saturated carbocycles. The Morgan fingerprint density at radius 1 is 1.00 bits per heavy atom. The van der Waals surface area contributed by atoms with Crippen molar-refractivity contribution in [2.24, 2.45) is 11.8 Å². The van der Waals surface area contributed by atoms with Crippen molar-refractivity contribution >= 4 is 17.7 Å². The number of aliphatic hydroxyl groups is 1. The van der Waals surface area contributed by atoms with E-state index in [4.69, 9.17) is 9.47 Å². The number of benzene rings is 2. The standard InChI is InChI=1S/C24H29F3O4S/c1-16(2)21(32-19-13-9-6-10-14-19)20(17(3)15-28)31-22(29)23(30-4,24(25,26)27)18-11-7-5-8-12-18/h5-14,16-17,20-21,28H,15H2,1-4H3/t17-,20-,21+,23?/m0/s1. The van der Waals surface area contributed by atoms with E-state index in [-0.39, 0.29) is 18.1 Å². The number of methoxy groups -OCH3 is 1. The third-order valence-corrected chi connectivity index (χ3v) is 6.89. The lowest BCUT2D eigenvalue weighted by atomic mass is 9.91. The molecular formula is C24H29F3O4S. The molecule has 0 heterocycles. The van der Waals surface area contributed by atoms with Crippen molar-refractivity contribution in [3.05, 3.63) is 66.2 Å². The number of rotatable bonds is 10. The molecule has 0 radical (unpaired) electrons. The van der Waals surface area contributed by atoms with E-state index in [1.165, 1.54) is 36.0 Å². The first-order valence-electron chi connectivity index (χ1n) is 10.3. The highest BCUT2D eigenvalue weighted by Gasteiger charge is 2.64. The second kappa shape index (κ2) is 11.2. The van der Waals surface area contributed by atoms with Gasteiger partial charge in [-0.2, -0.15) is 13.2 Å². The molecule has 2 aromatic rings. The summed E-state index contributed by atoms with van der Waals surface area (Å²) < 4.78 is 53.2. The van der Waals surface area contributed by atoms with Crippen LogP contribution in [0.4, 0.5) is 13.2 Å². The molecule has 0 fully saturated rings. The molecule has 8 heteroatoms. The first-order chi connectivity index (χ1) is 15.1. The summed E-state index contributed by atoms with van der Waals surface area (Å²) in [6, 6.07) is 16.0. The fourth-order valence-electron chi connectivity index (χ4n) is 3.44. The molecular weight excluding hydrogens is 441 g/mol. The van der Waals surface area contributed by atoms with E-state index in [9.17, 15) is 23.1 Å². The fourth-order valence-corrected chi connectivity index (χ4v) is 4.80. The number of halogens is 3. The van der Waals surface area contributed by atoms with Crippen LogP contribution < -0.4 is 0 Å². The van der Waals surface area contributed by atoms with Crippen molar-refractivity contribution in [1.29, 1.82) is 0 Å². The number of thioether (sulfide) groups is 1. The first-order valence-corrected chi connectivity index (χ1v) is 11.2. The minimum atomic E-state index is -5.06. The van der Waals surface area contributed by atoms with Gasteiger partial charge in [0.2, 0.25) is 0 Å². The van der Waals surface area contributed by atoms with E-state index in [0.29, 0.717) is 0 Å². The maximum Gasteiger partial charge on any atom is 0.432 e. The van der Waals surface area contributed by atoms with Crippen molar-refractivity contribution in [1.82, 2.24) is 0 Å². The van der Waals surface area contributed by atoms with E-state index in [2.05, 4.69) is 0 Å². The quantitative estimate of drug-likeness (QED) is 0.370. The molecule has 0 spiro atoms. The predicted molar refractivity (Wildman–Crippen MR) is 118 cm³/mol. The summed E-state index contributed by atoms with van der Waals surface area (Å²) in [6.07, 6.45) is -6.05. The van der Waals surface area contributed by atoms with Gasteiger partial charge in [-0.1, -0.05) is 69.3 Å². The Balaban J connectivity index is 2.48. The lowest BCUT2D eigenvalue weighted by molar-refractivity contribution is -0.279. The van der Waals surface area contributed by atoms with Crippen molar-refractivity contribution in [2.75, 3.05) is 13.7 Å². The molecule has 176 valence electrons. The van der Waals surface area contributed by atoms with Gasteiger partial charge in [0.1, 0.15) is 6.10 Å². The van der Waals surface area contributed by atoms with Crippen LogP contribution in [-0.4, -0.2) is 42.3 Å². The average molecular weight is 471 g/mol. The first kappa shape index (κ1) is 26.2. The molecule has 4 nitrogen and oxygen atoms in total. The van der Waals surface area contributed by atoms with Gasteiger partial charge in [-0.15, -0.1) is 11.8 Å². The minimum absolute atomic E-state index is 0.0634. The highest BCUT2D eigenvalue weighted by atomic mass is 32.2. The number of hydrogen-bond acceptors (Lipinski definition) is 5. The highest BCUT2D eigenvalue weighted by molar-refractivity contribution is 8.00. The molecule has 2 rings (SSSR count). The number of ether oxygens (including phenoxy) is 2. The number of hydrogen-bond donors (Lipinski definition) is 1. The third kappa shape index (κ3) is 5.66. The van der Waals surface area contributed by atoms with Crippen LogP contribution in [0.5, 0.6) is 0 Å². The lowest BCUT2D eigenvalue weighted by Crippen LogP contribution is -2.54. The zero-order valence-electron chi connectivity index (χ0n) is 18.5. The summed E-state index contributed by atoms with van der Waals surface area (Å²) >= 11 is 1.40. The largest absolute Gasteiger partial charge is 0.458 e. The number of carbonyl (C=O) groups excluding carboxylic acids is 1. The monoisotopic (exact) mass is 470 g/mol. The van der Waals surface area contributed by atoms with Gasteiger partial charge in [0.25, 0.3) is 5.60 Å². The summed E-state index contributed by atoms with van der Waals surface area (Å²) in [6.45, 7) is 5.09. The predicted octanol–water partition coefficient (Wildman–Crippen LogP) is 5.45. The van der Waals surface area contributed by atoms with Crippen molar-refractivity contribution < 1.29 is 32.5 Å². The average Bonchev–Trinajstić information content (AvgIpc) is 2.76. The molecule has 0 aliphatic rings. The summed E-state index contributed by atoms with van der Waals surface area (Å²) in [5, 5.41) is 9.40. The summed E-state index contributed by atoms with van der Waals surface area (Å²) in [5.74, 6) is -2.21. The molecule has 0 aromatic heterocycles. The Morgan fingerprint density at radius 2 is 1.53 bits per heavy atom. The second-order valence-corrected chi connectivity index (χ2v) is 9.17. The second-order valence-electron chi connectivity index (χ2n) is 7.92. The van der Waals surface area contributed by atoms with Crippen LogP contribution in [-0.2, 0) is 19.9 Å². The van der Waals surface area contributed by atoms with Crippen molar-refractivity contribution in [3.63, 3.8) is 0 Å². The van der Waals surface area contributed by atoms with Crippen LogP contribution >= 0.6 is 11.8 Å². The SMILES string of the molecule is COC(C(=O)O[C@H]([C@H](Sc1ccccc1)C(C)C)[C@@H](C)CO)(c1ccccc1)C(F)(F)F. The molecule has 2 aromatic carbocycles. The molecule has 1 N–H and O–H groups in total. The molecule has 1 unspecified atom stereocenters. The van der Waals surface area contributed by atoms with E-state index in [1.54, 1.807) is 13.0 Å². The minimum Gasteiger partial charge on any atom is -0.458 e. The van der Waals surface area contributed by atoms with E-state index in [1.807, 2.05) is 44.2 Å². The van der Waals surface area contributed by atoms with Gasteiger partial charge in [-0.25, -0.2) is 4.79 Å². The number of esters is 1. The molecule has 4 atom stereocenters. The number of aliphatic hydroxyl groups excluding tert-OH is 1. The molecule has 0 bridgehead atoms. The number of carbonyl (C=O) groups is 1. The van der Waals surface area contributed by atoms with E-state index >= 15 is 0 Å². The highest BCUT2D eigenvalue weighted by Crippen LogP contribution is 2.44. The van der Waals surface area contributed by atoms with Gasteiger partial charge >= 0.3 is 12.1 Å². The Kier molecular flexibility index (Phi) is 9.18. The van der Waals surface area contributed by atoms with Crippen LogP contribution in [0.15, 0.2) is 65.6 Å². The Bertz CT molecular complexity index is 845. The van der Waals surface area contributed by atoms with Gasteiger partial charge < -0.3 is 14.6 Å². The maximum absolute atomic E-state index is 14.3. The van der Waals surface area contributed by atoms with Gasteiger partial charge in [0.05, 0.1) is 0 Å². The Hall–Kier alpha value is -2.03. The maximum atomic E-state index is 14.3. The fraction of sp³-hybridized carbons (Fsp3) is 0.458. The van der Waals surface area contributed by atoms with E-state index < -0.39 is 35.0 Å².